The predicted molar refractivity (Wildman–Crippen MR) is 17.6 cm³/mol. The van der Waals surface area contributed by atoms with Gasteiger partial charge in [-0.25, -0.2) is 0 Å². The molecule has 0 saturated carbocycles. The topological polar surface area (TPSA) is 80.3 Å². The van der Waals surface area contributed by atoms with E-state index < -0.39 is 17.1 Å². The predicted octanol–water partition coefficient (Wildman–Crippen LogP) is -0.162. The van der Waals surface area contributed by atoms with Gasteiger partial charge in [-0.15, -0.1) is 0 Å². The SMILES string of the molecule is FC(F)F.O=S(=O)([O-])[O-].[Zn+2]. The molecule has 58 valence electrons. The molecule has 0 amide bonds. The van der Waals surface area contributed by atoms with E-state index in [1.54, 1.807) is 0 Å². The van der Waals surface area contributed by atoms with Crippen LogP contribution in [0.5, 0.6) is 0 Å². The van der Waals surface area contributed by atoms with E-state index in [4.69, 9.17) is 17.5 Å². The van der Waals surface area contributed by atoms with Gasteiger partial charge in [0.25, 0.3) is 0 Å². The molecule has 0 fully saturated rings. The third-order valence-electron chi connectivity index (χ3n) is 0. The Labute approximate surface area is 67.8 Å². The Bertz CT molecular complexity index is 132. The van der Waals surface area contributed by atoms with Gasteiger partial charge in [0.1, 0.15) is 0 Å². The molecule has 0 unspecified atom stereocenters. The summed E-state index contributed by atoms with van der Waals surface area (Å²) >= 11 is 0. The first-order valence-electron chi connectivity index (χ1n) is 1.32. The van der Waals surface area contributed by atoms with Crippen molar-refractivity contribution < 1.29 is 50.2 Å². The quantitative estimate of drug-likeness (QED) is 0.329. The molecular formula is CHF3O4SZn. The van der Waals surface area contributed by atoms with Crippen molar-refractivity contribution in [1.82, 2.24) is 0 Å². The van der Waals surface area contributed by atoms with E-state index in [2.05, 4.69) is 0 Å². The second-order valence-corrected chi connectivity index (χ2v) is 1.47. The fourth-order valence-corrected chi connectivity index (χ4v) is 0. The molecule has 0 bridgehead atoms. The molecule has 0 radical (unpaired) electrons. The van der Waals surface area contributed by atoms with Crippen LogP contribution in [0.2, 0.25) is 0 Å². The van der Waals surface area contributed by atoms with Gasteiger partial charge in [0.05, 0.1) is 0 Å². The molecule has 0 aromatic carbocycles. The summed E-state index contributed by atoms with van der Waals surface area (Å²) in [6.07, 6.45) is 0. The van der Waals surface area contributed by atoms with Gasteiger partial charge in [0, 0.05) is 10.4 Å². The van der Waals surface area contributed by atoms with Crippen molar-refractivity contribution in [3.05, 3.63) is 0 Å². The summed E-state index contributed by atoms with van der Waals surface area (Å²) in [7, 11) is -5.17. The van der Waals surface area contributed by atoms with Crippen LogP contribution in [-0.4, -0.2) is 24.2 Å². The summed E-state index contributed by atoms with van der Waals surface area (Å²) in [5.74, 6) is 0. The molecule has 0 aliphatic rings. The largest absolute Gasteiger partial charge is 2.00 e. The van der Waals surface area contributed by atoms with Crippen molar-refractivity contribution in [3.8, 4) is 0 Å². The average Bonchev–Trinajstić information content (AvgIpc) is 1.19. The first-order chi connectivity index (χ1) is 3.73. The Balaban J connectivity index is -0.0000000910. The summed E-state index contributed by atoms with van der Waals surface area (Å²) < 4.78 is 63.1. The molecule has 0 heterocycles. The molecule has 4 nitrogen and oxygen atoms in total. The smallest absolute Gasteiger partial charge is 0.759 e. The van der Waals surface area contributed by atoms with E-state index in [1.165, 1.54) is 0 Å². The van der Waals surface area contributed by atoms with E-state index in [1.807, 2.05) is 0 Å². The number of hydrogen-bond donors (Lipinski definition) is 0. The van der Waals surface area contributed by atoms with Crippen LogP contribution in [0.4, 0.5) is 13.2 Å². The zero-order valence-electron chi connectivity index (χ0n) is 4.46. The van der Waals surface area contributed by atoms with Crippen molar-refractivity contribution in [2.75, 3.05) is 0 Å². The molecule has 0 aromatic heterocycles. The second kappa shape index (κ2) is 7.39. The zero-order chi connectivity index (χ0) is 8.08. The fraction of sp³-hybridized carbons (Fsp3) is 1.00. The summed E-state index contributed by atoms with van der Waals surface area (Å²) in [6, 6.07) is 0. The maximum Gasteiger partial charge on any atom is 2.00 e. The zero-order valence-corrected chi connectivity index (χ0v) is 8.24. The molecule has 0 atom stereocenters. The van der Waals surface area contributed by atoms with Gasteiger partial charge in [-0.05, 0) is 0 Å². The van der Waals surface area contributed by atoms with Gasteiger partial charge < -0.3 is 9.11 Å². The molecule has 9 heteroatoms. The Hall–Kier alpha value is 0.283. The van der Waals surface area contributed by atoms with Gasteiger partial charge >= 0.3 is 26.2 Å². The molecule has 0 rings (SSSR count). The third kappa shape index (κ3) is 5470. The molecule has 0 aliphatic carbocycles. The Morgan fingerprint density at radius 3 is 1.10 bits per heavy atom. The van der Waals surface area contributed by atoms with Crippen LogP contribution in [0.25, 0.3) is 0 Å². The Morgan fingerprint density at radius 1 is 1.10 bits per heavy atom. The van der Waals surface area contributed by atoms with Gasteiger partial charge in [0.15, 0.2) is 0 Å². The van der Waals surface area contributed by atoms with E-state index in [0.29, 0.717) is 0 Å². The monoisotopic (exact) mass is 230 g/mol. The fourth-order valence-electron chi connectivity index (χ4n) is 0. The van der Waals surface area contributed by atoms with Gasteiger partial charge in [0.2, 0.25) is 0 Å². The number of hydrogen-bond acceptors (Lipinski definition) is 4. The number of halogens is 3. The number of rotatable bonds is 0. The van der Waals surface area contributed by atoms with E-state index >= 15 is 0 Å². The second-order valence-electron chi connectivity index (χ2n) is 0.656. The van der Waals surface area contributed by atoms with Crippen LogP contribution in [0.15, 0.2) is 0 Å². The minimum absolute atomic E-state index is 0. The third-order valence-corrected chi connectivity index (χ3v) is 0. The van der Waals surface area contributed by atoms with E-state index in [-0.39, 0.29) is 19.5 Å². The van der Waals surface area contributed by atoms with Crippen LogP contribution < -0.4 is 0 Å². The van der Waals surface area contributed by atoms with Crippen molar-refractivity contribution in [2.45, 2.75) is 6.68 Å². The van der Waals surface area contributed by atoms with E-state index in [9.17, 15) is 13.2 Å². The van der Waals surface area contributed by atoms with Crippen molar-refractivity contribution >= 4 is 10.4 Å². The Kier molecular flexibility index (Phi) is 12.3. The molecule has 0 N–H and O–H groups in total. The van der Waals surface area contributed by atoms with Gasteiger partial charge in [-0.2, -0.15) is 13.2 Å². The first-order valence-corrected chi connectivity index (χ1v) is 2.65. The van der Waals surface area contributed by atoms with Gasteiger partial charge in [-0.1, -0.05) is 0 Å². The normalized spacial score (nSPS) is 9.40. The minimum atomic E-state index is -5.17. The van der Waals surface area contributed by atoms with Crippen LogP contribution in [-0.2, 0) is 29.9 Å². The summed E-state index contributed by atoms with van der Waals surface area (Å²) in [6.45, 7) is -3.67. The standard InChI is InChI=1S/CHF3.H2O4S.Zn/c2-1(3)4;1-5(2,3)4;/h1H;(H2,1,2,3,4);/q;;+2/p-2. The number of alkyl halides is 3. The van der Waals surface area contributed by atoms with Gasteiger partial charge in [-0.3, -0.25) is 8.42 Å². The molecule has 0 spiro atoms. The van der Waals surface area contributed by atoms with Crippen molar-refractivity contribution in [3.63, 3.8) is 0 Å². The first kappa shape index (κ1) is 16.7. The van der Waals surface area contributed by atoms with E-state index in [0.717, 1.165) is 0 Å². The van der Waals surface area contributed by atoms with Crippen LogP contribution in [0.1, 0.15) is 0 Å². The average molecular weight is 231 g/mol. The van der Waals surface area contributed by atoms with Crippen molar-refractivity contribution in [1.29, 1.82) is 0 Å². The Morgan fingerprint density at radius 2 is 1.10 bits per heavy atom. The van der Waals surface area contributed by atoms with Crippen LogP contribution >= 0.6 is 0 Å². The maximum atomic E-state index is 9.67. The molecule has 0 saturated heterocycles. The van der Waals surface area contributed by atoms with Crippen LogP contribution in [0.3, 0.4) is 0 Å². The molecule has 0 aromatic rings. The molecule has 0 aliphatic heterocycles. The maximum absolute atomic E-state index is 9.67. The summed E-state index contributed by atoms with van der Waals surface area (Å²) in [5, 5.41) is 0. The summed E-state index contributed by atoms with van der Waals surface area (Å²) in [5.41, 5.74) is 0. The molecule has 10 heavy (non-hydrogen) atoms. The molecular weight excluding hydrogens is 230 g/mol. The minimum Gasteiger partial charge on any atom is -0.759 e. The van der Waals surface area contributed by atoms with Crippen LogP contribution in [0, 0.1) is 0 Å². The van der Waals surface area contributed by atoms with Crippen molar-refractivity contribution in [2.24, 2.45) is 0 Å². The summed E-state index contributed by atoms with van der Waals surface area (Å²) in [4.78, 5) is 0.